The molecule has 0 radical (unpaired) electrons. The number of piperazine rings is 1. The highest BCUT2D eigenvalue weighted by atomic mass is 19.1. The Hall–Kier alpha value is -1.66. The number of fused-ring (bicyclic) bond motifs is 1. The number of ether oxygens (including phenoxy) is 2. The van der Waals surface area contributed by atoms with Crippen molar-refractivity contribution in [2.45, 2.75) is 56.8 Å². The molecule has 2 saturated carbocycles. The van der Waals surface area contributed by atoms with Crippen LogP contribution >= 0.6 is 0 Å². The van der Waals surface area contributed by atoms with Crippen LogP contribution in [-0.4, -0.2) is 60.9 Å². The number of carbonyl (C=O) groups is 1. The fraction of sp³-hybridized carbons (Fsp3) is 0.720. The van der Waals surface area contributed by atoms with E-state index in [9.17, 15) is 9.18 Å². The van der Waals surface area contributed by atoms with E-state index in [1.54, 1.807) is 6.07 Å². The summed E-state index contributed by atoms with van der Waals surface area (Å²) in [5, 5.41) is 0. The van der Waals surface area contributed by atoms with Gasteiger partial charge in [0, 0.05) is 44.6 Å². The molecule has 1 aromatic carbocycles. The molecule has 2 aliphatic carbocycles. The quantitative estimate of drug-likeness (QED) is 0.545. The van der Waals surface area contributed by atoms with E-state index >= 15 is 0 Å². The van der Waals surface area contributed by atoms with Crippen LogP contribution in [-0.2, 0) is 14.3 Å². The molecule has 0 unspecified atom stereocenters. The summed E-state index contributed by atoms with van der Waals surface area (Å²) >= 11 is 0. The Morgan fingerprint density at radius 2 is 1.87 bits per heavy atom. The highest BCUT2D eigenvalue weighted by Gasteiger charge is 2.77. The molecule has 6 rings (SSSR count). The molecule has 5 fully saturated rings. The van der Waals surface area contributed by atoms with Gasteiger partial charge in [-0.1, -0.05) is 19.1 Å². The van der Waals surface area contributed by atoms with E-state index in [1.165, 1.54) is 12.5 Å². The molecule has 0 aromatic heterocycles. The minimum atomic E-state index is -0.401. The van der Waals surface area contributed by atoms with E-state index in [0.717, 1.165) is 52.0 Å². The predicted molar refractivity (Wildman–Crippen MR) is 115 cm³/mol. The molecule has 3 heterocycles. The number of halogens is 1. The predicted octanol–water partition coefficient (Wildman–Crippen LogP) is 3.47. The molecular formula is C25H33FN2O3. The number of epoxide rings is 1. The number of esters is 1. The van der Waals surface area contributed by atoms with Crippen molar-refractivity contribution in [3.63, 3.8) is 0 Å². The molecule has 1 spiro atoms. The average molecular weight is 429 g/mol. The summed E-state index contributed by atoms with van der Waals surface area (Å²) in [7, 11) is 0. The van der Waals surface area contributed by atoms with Crippen LogP contribution < -0.4 is 4.90 Å². The maximum atomic E-state index is 14.2. The van der Waals surface area contributed by atoms with Gasteiger partial charge in [-0.15, -0.1) is 0 Å². The number of para-hydroxylation sites is 1. The molecule has 6 heteroatoms. The molecule has 5 nitrogen and oxygen atoms in total. The standard InChI is InChI=1S/C25H33FN2O3/c1-16-7-8-19-17(22(29)30-25(19)18(16)9-10-24(2)23(25)31-24)15-27-11-13-28(14-12-27)21-6-4-3-5-20(21)26/h3-6,16-19,23H,7-15H2,1-2H3/t16-,17+,18-,19-,23+,24+,25-/m1/s1. The Kier molecular flexibility index (Phi) is 4.46. The number of hydrogen-bond acceptors (Lipinski definition) is 5. The second kappa shape index (κ2) is 6.92. The van der Waals surface area contributed by atoms with Crippen molar-refractivity contribution in [1.29, 1.82) is 0 Å². The van der Waals surface area contributed by atoms with Gasteiger partial charge in [0.15, 0.2) is 0 Å². The Labute approximate surface area is 183 Å². The van der Waals surface area contributed by atoms with Crippen LogP contribution in [0.4, 0.5) is 10.1 Å². The highest BCUT2D eigenvalue weighted by Crippen LogP contribution is 2.66. The van der Waals surface area contributed by atoms with Crippen molar-refractivity contribution in [2.75, 3.05) is 37.6 Å². The minimum absolute atomic E-state index is 0.0135. The monoisotopic (exact) mass is 428 g/mol. The molecule has 1 aromatic rings. The van der Waals surface area contributed by atoms with Crippen LogP contribution in [0.2, 0.25) is 0 Å². The minimum Gasteiger partial charge on any atom is -0.455 e. The van der Waals surface area contributed by atoms with Crippen molar-refractivity contribution in [3.05, 3.63) is 30.1 Å². The van der Waals surface area contributed by atoms with Crippen LogP contribution in [0, 0.1) is 29.5 Å². The molecular weight excluding hydrogens is 395 g/mol. The fourth-order valence-corrected chi connectivity index (χ4v) is 7.42. The second-order valence-electron chi connectivity index (χ2n) is 10.7. The lowest BCUT2D eigenvalue weighted by Crippen LogP contribution is -2.58. The van der Waals surface area contributed by atoms with Crippen molar-refractivity contribution >= 4 is 11.7 Å². The van der Waals surface area contributed by atoms with Gasteiger partial charge in [0.2, 0.25) is 0 Å². The van der Waals surface area contributed by atoms with Crippen LogP contribution in [0.1, 0.15) is 39.5 Å². The number of anilines is 1. The van der Waals surface area contributed by atoms with Crippen LogP contribution in [0.15, 0.2) is 24.3 Å². The zero-order chi connectivity index (χ0) is 21.4. The number of nitrogens with zero attached hydrogens (tertiary/aromatic N) is 2. The lowest BCUT2D eigenvalue weighted by Gasteiger charge is -2.50. The van der Waals surface area contributed by atoms with Crippen molar-refractivity contribution in [2.24, 2.45) is 23.7 Å². The Morgan fingerprint density at radius 3 is 2.65 bits per heavy atom. The zero-order valence-electron chi connectivity index (χ0n) is 18.6. The summed E-state index contributed by atoms with van der Waals surface area (Å²) in [5.41, 5.74) is 0.186. The third-order valence-electron chi connectivity index (χ3n) is 9.11. The van der Waals surface area contributed by atoms with Gasteiger partial charge in [-0.3, -0.25) is 9.69 Å². The van der Waals surface area contributed by atoms with Crippen LogP contribution in [0.25, 0.3) is 0 Å². The topological polar surface area (TPSA) is 45.3 Å². The highest BCUT2D eigenvalue weighted by molar-refractivity contribution is 5.77. The first-order chi connectivity index (χ1) is 14.9. The molecule has 0 bridgehead atoms. The van der Waals surface area contributed by atoms with E-state index in [2.05, 4.69) is 23.6 Å². The van der Waals surface area contributed by atoms with Gasteiger partial charge in [-0.2, -0.15) is 0 Å². The molecule has 5 aliphatic rings. The number of rotatable bonds is 3. The maximum Gasteiger partial charge on any atom is 0.311 e. The van der Waals surface area contributed by atoms with E-state index < -0.39 is 5.60 Å². The third-order valence-corrected chi connectivity index (χ3v) is 9.11. The lowest BCUT2D eigenvalue weighted by atomic mass is 9.55. The van der Waals surface area contributed by atoms with Gasteiger partial charge in [-0.05, 0) is 50.7 Å². The molecule has 0 N–H and O–H groups in total. The van der Waals surface area contributed by atoms with E-state index in [0.29, 0.717) is 17.5 Å². The van der Waals surface area contributed by atoms with Gasteiger partial charge < -0.3 is 14.4 Å². The Morgan fingerprint density at radius 1 is 1.10 bits per heavy atom. The van der Waals surface area contributed by atoms with Gasteiger partial charge in [0.25, 0.3) is 0 Å². The molecule has 31 heavy (non-hydrogen) atoms. The molecule has 3 saturated heterocycles. The van der Waals surface area contributed by atoms with Gasteiger partial charge >= 0.3 is 5.97 Å². The summed E-state index contributed by atoms with van der Waals surface area (Å²) < 4.78 is 26.7. The van der Waals surface area contributed by atoms with Gasteiger partial charge in [0.1, 0.15) is 17.5 Å². The average Bonchev–Trinajstić information content (AvgIpc) is 3.39. The smallest absolute Gasteiger partial charge is 0.311 e. The third kappa shape index (κ3) is 2.90. The van der Waals surface area contributed by atoms with Crippen LogP contribution in [0.5, 0.6) is 0 Å². The zero-order valence-corrected chi connectivity index (χ0v) is 18.6. The van der Waals surface area contributed by atoms with E-state index in [-0.39, 0.29) is 35.3 Å². The first-order valence-electron chi connectivity index (χ1n) is 12.0. The second-order valence-corrected chi connectivity index (χ2v) is 10.7. The molecule has 0 amide bonds. The normalized spacial score (nSPS) is 44.3. The SMILES string of the molecule is C[C@@H]1CC[C@@H]2[C@H](CN3CCN(c4ccccc4F)CC3)C(=O)O[C@]23[C@@H]1CC[C@]1(C)O[C@H]31. The van der Waals surface area contributed by atoms with Crippen LogP contribution in [0.3, 0.4) is 0 Å². The number of hydrogen-bond donors (Lipinski definition) is 0. The lowest BCUT2D eigenvalue weighted by molar-refractivity contribution is -0.168. The largest absolute Gasteiger partial charge is 0.455 e. The molecule has 7 atom stereocenters. The van der Waals surface area contributed by atoms with Crippen molar-refractivity contribution in [1.82, 2.24) is 4.90 Å². The van der Waals surface area contributed by atoms with Crippen molar-refractivity contribution < 1.29 is 18.7 Å². The molecule has 168 valence electrons. The Balaban J connectivity index is 1.17. The van der Waals surface area contributed by atoms with E-state index in [4.69, 9.17) is 9.47 Å². The van der Waals surface area contributed by atoms with Gasteiger partial charge in [-0.25, -0.2) is 4.39 Å². The first-order valence-corrected chi connectivity index (χ1v) is 12.0. The summed E-state index contributed by atoms with van der Waals surface area (Å²) in [6.07, 6.45) is 4.50. The van der Waals surface area contributed by atoms with Crippen molar-refractivity contribution in [3.8, 4) is 0 Å². The summed E-state index contributed by atoms with van der Waals surface area (Å²) in [4.78, 5) is 17.7. The summed E-state index contributed by atoms with van der Waals surface area (Å²) in [6.45, 7) is 8.52. The number of benzene rings is 1. The van der Waals surface area contributed by atoms with Gasteiger partial charge in [0.05, 0.1) is 17.2 Å². The first kappa shape index (κ1) is 20.0. The Bertz CT molecular complexity index is 887. The fourth-order valence-electron chi connectivity index (χ4n) is 7.42. The van der Waals surface area contributed by atoms with E-state index in [1.807, 2.05) is 12.1 Å². The summed E-state index contributed by atoms with van der Waals surface area (Å²) in [5.74, 6) is 1.03. The number of carbonyl (C=O) groups excluding carboxylic acids is 1. The maximum absolute atomic E-state index is 14.2. The molecule has 3 aliphatic heterocycles. The summed E-state index contributed by atoms with van der Waals surface area (Å²) in [6, 6.07) is 6.99.